The molecule has 1 aromatic heterocycles. The minimum absolute atomic E-state index is 0.213. The molecule has 0 aliphatic carbocycles. The van der Waals surface area contributed by atoms with Crippen molar-refractivity contribution in [2.45, 2.75) is 20.0 Å². The topological polar surface area (TPSA) is 34.1 Å². The van der Waals surface area contributed by atoms with Crippen LogP contribution < -0.4 is 10.1 Å². The normalized spacial score (nSPS) is 10.5. The summed E-state index contributed by atoms with van der Waals surface area (Å²) >= 11 is 0. The van der Waals surface area contributed by atoms with Gasteiger partial charge in [-0.25, -0.2) is 4.39 Å². The Bertz CT molecular complexity index is 558. The fourth-order valence-electron chi connectivity index (χ4n) is 1.89. The summed E-state index contributed by atoms with van der Waals surface area (Å²) < 4.78 is 18.2. The smallest absolute Gasteiger partial charge is 0.123 e. The monoisotopic (exact) mass is 260 g/mol. The van der Waals surface area contributed by atoms with Gasteiger partial charge in [0.15, 0.2) is 0 Å². The van der Waals surface area contributed by atoms with Crippen LogP contribution >= 0.6 is 0 Å². The largest absolute Gasteiger partial charge is 0.497 e. The lowest BCUT2D eigenvalue weighted by Crippen LogP contribution is -2.14. The molecule has 2 aromatic rings. The molecule has 1 heterocycles. The van der Waals surface area contributed by atoms with Gasteiger partial charge in [-0.2, -0.15) is 0 Å². The molecule has 0 radical (unpaired) electrons. The summed E-state index contributed by atoms with van der Waals surface area (Å²) in [6.45, 7) is 3.16. The molecule has 4 heteroatoms. The van der Waals surface area contributed by atoms with Crippen LogP contribution in [-0.4, -0.2) is 12.1 Å². The van der Waals surface area contributed by atoms with Gasteiger partial charge in [-0.15, -0.1) is 0 Å². The molecular weight excluding hydrogens is 243 g/mol. The Morgan fingerprint density at radius 2 is 2.05 bits per heavy atom. The second-order valence-electron chi connectivity index (χ2n) is 4.37. The zero-order valence-electron chi connectivity index (χ0n) is 11.1. The Kier molecular flexibility index (Phi) is 4.47. The summed E-state index contributed by atoms with van der Waals surface area (Å²) in [5.74, 6) is 0.588. The molecule has 3 nitrogen and oxygen atoms in total. The van der Waals surface area contributed by atoms with Crippen molar-refractivity contribution in [1.82, 2.24) is 10.3 Å². The summed E-state index contributed by atoms with van der Waals surface area (Å²) in [6.07, 6.45) is 0. The Balaban J connectivity index is 1.94. The minimum atomic E-state index is -0.213. The quantitative estimate of drug-likeness (QED) is 0.897. The number of hydrogen-bond acceptors (Lipinski definition) is 3. The van der Waals surface area contributed by atoms with Crippen LogP contribution in [0.1, 0.15) is 17.0 Å². The van der Waals surface area contributed by atoms with Gasteiger partial charge in [0.1, 0.15) is 11.6 Å². The van der Waals surface area contributed by atoms with E-state index in [1.165, 1.54) is 12.1 Å². The lowest BCUT2D eigenvalue weighted by molar-refractivity contribution is 0.412. The number of aryl methyl sites for hydroxylation is 1. The molecule has 2 rings (SSSR count). The van der Waals surface area contributed by atoms with E-state index < -0.39 is 0 Å². The van der Waals surface area contributed by atoms with Crippen LogP contribution in [-0.2, 0) is 13.1 Å². The number of methoxy groups -OCH3 is 1. The third-order valence-corrected chi connectivity index (χ3v) is 2.74. The molecule has 19 heavy (non-hydrogen) atoms. The van der Waals surface area contributed by atoms with E-state index in [1.54, 1.807) is 13.2 Å². The fraction of sp³-hybridized carbons (Fsp3) is 0.267. The van der Waals surface area contributed by atoms with Crippen molar-refractivity contribution in [3.63, 3.8) is 0 Å². The second-order valence-corrected chi connectivity index (χ2v) is 4.37. The van der Waals surface area contributed by atoms with E-state index in [0.29, 0.717) is 13.1 Å². The lowest BCUT2D eigenvalue weighted by Gasteiger charge is -2.07. The van der Waals surface area contributed by atoms with Crippen molar-refractivity contribution >= 4 is 0 Å². The van der Waals surface area contributed by atoms with Gasteiger partial charge in [0.05, 0.1) is 12.8 Å². The Morgan fingerprint density at radius 1 is 1.21 bits per heavy atom. The third kappa shape index (κ3) is 4.03. The number of nitrogens with one attached hydrogen (secondary N) is 1. The second kappa shape index (κ2) is 6.29. The van der Waals surface area contributed by atoms with Gasteiger partial charge in [0.25, 0.3) is 0 Å². The zero-order valence-corrected chi connectivity index (χ0v) is 11.1. The first kappa shape index (κ1) is 13.5. The van der Waals surface area contributed by atoms with E-state index >= 15 is 0 Å². The zero-order chi connectivity index (χ0) is 13.7. The molecule has 1 N–H and O–H groups in total. The van der Waals surface area contributed by atoms with Gasteiger partial charge in [-0.3, -0.25) is 4.98 Å². The first-order chi connectivity index (χ1) is 9.17. The lowest BCUT2D eigenvalue weighted by atomic mass is 10.2. The third-order valence-electron chi connectivity index (χ3n) is 2.74. The van der Waals surface area contributed by atoms with Crippen LogP contribution in [0.4, 0.5) is 4.39 Å². The van der Waals surface area contributed by atoms with Crippen LogP contribution in [0.2, 0.25) is 0 Å². The average Bonchev–Trinajstić information content (AvgIpc) is 2.38. The molecular formula is C15H17FN2O. The van der Waals surface area contributed by atoms with Crippen molar-refractivity contribution in [3.05, 3.63) is 59.2 Å². The predicted molar refractivity (Wildman–Crippen MR) is 72.5 cm³/mol. The molecule has 0 atom stereocenters. The maximum Gasteiger partial charge on any atom is 0.123 e. The highest BCUT2D eigenvalue weighted by Gasteiger charge is 2.01. The van der Waals surface area contributed by atoms with E-state index in [2.05, 4.69) is 10.3 Å². The highest BCUT2D eigenvalue weighted by molar-refractivity contribution is 5.26. The minimum Gasteiger partial charge on any atom is -0.497 e. The van der Waals surface area contributed by atoms with Crippen molar-refractivity contribution in [2.75, 3.05) is 7.11 Å². The molecule has 100 valence electrons. The van der Waals surface area contributed by atoms with Crippen molar-refractivity contribution < 1.29 is 9.13 Å². The highest BCUT2D eigenvalue weighted by atomic mass is 19.1. The van der Waals surface area contributed by atoms with Gasteiger partial charge in [0.2, 0.25) is 0 Å². The molecule has 0 saturated carbocycles. The molecule has 0 spiro atoms. The number of pyridine rings is 1. The number of nitrogens with zero attached hydrogens (tertiary/aromatic N) is 1. The van der Waals surface area contributed by atoms with Gasteiger partial charge in [0, 0.05) is 30.9 Å². The highest BCUT2D eigenvalue weighted by Crippen LogP contribution is 2.13. The van der Waals surface area contributed by atoms with Gasteiger partial charge >= 0.3 is 0 Å². The maximum absolute atomic E-state index is 13.0. The van der Waals surface area contributed by atoms with Gasteiger partial charge in [-0.05, 0) is 24.6 Å². The van der Waals surface area contributed by atoms with E-state index in [0.717, 1.165) is 22.7 Å². The Morgan fingerprint density at radius 3 is 2.79 bits per heavy atom. The van der Waals surface area contributed by atoms with Crippen molar-refractivity contribution in [1.29, 1.82) is 0 Å². The van der Waals surface area contributed by atoms with Crippen LogP contribution in [0.15, 0.2) is 36.4 Å². The summed E-state index contributed by atoms with van der Waals surface area (Å²) in [5.41, 5.74) is 2.75. The van der Waals surface area contributed by atoms with Gasteiger partial charge in [-0.1, -0.05) is 12.1 Å². The SMILES string of the molecule is COc1cc(C)nc(CNCc2cccc(F)c2)c1. The molecule has 0 bridgehead atoms. The van der Waals surface area contributed by atoms with E-state index in [-0.39, 0.29) is 5.82 Å². The van der Waals surface area contributed by atoms with E-state index in [1.807, 2.05) is 25.1 Å². The maximum atomic E-state index is 13.0. The Labute approximate surface area is 112 Å². The molecule has 0 aliphatic rings. The fourth-order valence-corrected chi connectivity index (χ4v) is 1.89. The number of ether oxygens (including phenoxy) is 1. The Hall–Kier alpha value is -1.94. The van der Waals surface area contributed by atoms with Crippen molar-refractivity contribution in [3.8, 4) is 5.75 Å². The standard InChI is InChI=1S/C15H17FN2O/c1-11-6-15(19-2)8-14(18-11)10-17-9-12-4-3-5-13(16)7-12/h3-8,17H,9-10H2,1-2H3. The number of benzene rings is 1. The molecule has 0 fully saturated rings. The van der Waals surface area contributed by atoms with Crippen LogP contribution in [0.25, 0.3) is 0 Å². The number of hydrogen-bond donors (Lipinski definition) is 1. The molecule has 0 unspecified atom stereocenters. The van der Waals surface area contributed by atoms with Crippen LogP contribution in [0.5, 0.6) is 5.75 Å². The molecule has 1 aromatic carbocycles. The van der Waals surface area contributed by atoms with Gasteiger partial charge < -0.3 is 10.1 Å². The van der Waals surface area contributed by atoms with E-state index in [4.69, 9.17) is 4.74 Å². The first-order valence-electron chi connectivity index (χ1n) is 6.14. The molecule has 0 aliphatic heterocycles. The first-order valence-corrected chi connectivity index (χ1v) is 6.14. The average molecular weight is 260 g/mol. The number of aromatic nitrogens is 1. The predicted octanol–water partition coefficient (Wildman–Crippen LogP) is 2.83. The number of halogens is 1. The molecule has 0 saturated heterocycles. The summed E-state index contributed by atoms with van der Waals surface area (Å²) in [6, 6.07) is 10.3. The molecule has 0 amide bonds. The summed E-state index contributed by atoms with van der Waals surface area (Å²) in [7, 11) is 1.64. The summed E-state index contributed by atoms with van der Waals surface area (Å²) in [5, 5.41) is 3.24. The summed E-state index contributed by atoms with van der Waals surface area (Å²) in [4.78, 5) is 4.41. The van der Waals surface area contributed by atoms with E-state index in [9.17, 15) is 4.39 Å². The van der Waals surface area contributed by atoms with Crippen molar-refractivity contribution in [2.24, 2.45) is 0 Å². The van der Waals surface area contributed by atoms with Crippen LogP contribution in [0.3, 0.4) is 0 Å². The number of rotatable bonds is 5. The van der Waals surface area contributed by atoms with Crippen LogP contribution in [0, 0.1) is 12.7 Å².